The van der Waals surface area contributed by atoms with Gasteiger partial charge in [-0.2, -0.15) is 0 Å². The number of ether oxygens (including phenoxy) is 1. The van der Waals surface area contributed by atoms with Gasteiger partial charge in [0.1, 0.15) is 29.4 Å². The highest BCUT2D eigenvalue weighted by Gasteiger charge is 2.23. The molecule has 0 spiro atoms. The lowest BCUT2D eigenvalue weighted by Crippen LogP contribution is -2.08. The summed E-state index contributed by atoms with van der Waals surface area (Å²) in [6.45, 7) is 0. The molecule has 0 aliphatic carbocycles. The minimum absolute atomic E-state index is 0.0356. The van der Waals surface area contributed by atoms with E-state index in [1.165, 1.54) is 31.4 Å². The zero-order chi connectivity index (χ0) is 13.1. The molecule has 1 aromatic heterocycles. The number of hydrogen-bond acceptors (Lipinski definition) is 5. The number of carbonyl (C=O) groups excluding carboxylic acids is 1. The van der Waals surface area contributed by atoms with Crippen LogP contribution in [0.3, 0.4) is 0 Å². The van der Waals surface area contributed by atoms with Crippen LogP contribution in [0.25, 0.3) is 0 Å². The summed E-state index contributed by atoms with van der Waals surface area (Å²) in [5.74, 6) is -1.08. The second-order valence-electron chi connectivity index (χ2n) is 3.56. The van der Waals surface area contributed by atoms with Gasteiger partial charge in [0.05, 0.1) is 7.11 Å². The summed E-state index contributed by atoms with van der Waals surface area (Å²) in [7, 11) is 1.21. The fraction of sp³-hybridized carbons (Fsp3) is 0.167. The van der Waals surface area contributed by atoms with Crippen LogP contribution in [0.2, 0.25) is 0 Å². The van der Waals surface area contributed by atoms with Crippen LogP contribution >= 0.6 is 0 Å². The van der Waals surface area contributed by atoms with Crippen molar-refractivity contribution in [1.82, 2.24) is 5.16 Å². The van der Waals surface area contributed by atoms with Crippen molar-refractivity contribution in [3.05, 3.63) is 53.2 Å². The summed E-state index contributed by atoms with van der Waals surface area (Å²) in [6, 6.07) is 5.21. The summed E-state index contributed by atoms with van der Waals surface area (Å²) in [6.07, 6.45) is -0.0908. The molecular formula is C12H10FNO4. The Bertz CT molecular complexity index is 549. The van der Waals surface area contributed by atoms with E-state index >= 15 is 0 Å². The third-order valence-corrected chi connectivity index (χ3v) is 2.45. The molecule has 2 rings (SSSR count). The SMILES string of the molecule is COC(=O)c1conc1C(O)c1ccc(F)cc1. The second kappa shape index (κ2) is 4.97. The quantitative estimate of drug-likeness (QED) is 0.840. The molecule has 18 heavy (non-hydrogen) atoms. The standard InChI is InChI=1S/C12H10FNO4/c1-17-12(16)9-6-18-14-10(9)11(15)7-2-4-8(13)5-3-7/h2-6,11,15H,1H3. The van der Waals surface area contributed by atoms with Crippen molar-refractivity contribution in [3.63, 3.8) is 0 Å². The van der Waals surface area contributed by atoms with Crippen molar-refractivity contribution in [2.45, 2.75) is 6.10 Å². The van der Waals surface area contributed by atoms with E-state index in [0.717, 1.165) is 6.26 Å². The largest absolute Gasteiger partial charge is 0.465 e. The molecule has 94 valence electrons. The number of hydrogen-bond donors (Lipinski definition) is 1. The number of rotatable bonds is 3. The van der Waals surface area contributed by atoms with Gasteiger partial charge in [-0.3, -0.25) is 0 Å². The van der Waals surface area contributed by atoms with Crippen LogP contribution in [0.1, 0.15) is 27.7 Å². The van der Waals surface area contributed by atoms with Gasteiger partial charge in [-0.1, -0.05) is 17.3 Å². The van der Waals surface area contributed by atoms with Crippen LogP contribution in [0.4, 0.5) is 4.39 Å². The highest BCUT2D eigenvalue weighted by Crippen LogP contribution is 2.24. The second-order valence-corrected chi connectivity index (χ2v) is 3.56. The lowest BCUT2D eigenvalue weighted by molar-refractivity contribution is 0.0595. The van der Waals surface area contributed by atoms with Crippen LogP contribution in [0, 0.1) is 5.82 Å². The van der Waals surface area contributed by atoms with Gasteiger partial charge < -0.3 is 14.4 Å². The Morgan fingerprint density at radius 3 is 2.72 bits per heavy atom. The average Bonchev–Trinajstić information content (AvgIpc) is 2.87. The van der Waals surface area contributed by atoms with Gasteiger partial charge in [0.25, 0.3) is 0 Å². The molecular weight excluding hydrogens is 241 g/mol. The first-order chi connectivity index (χ1) is 8.63. The molecule has 1 atom stereocenters. The van der Waals surface area contributed by atoms with E-state index in [0.29, 0.717) is 5.56 Å². The maximum absolute atomic E-state index is 12.8. The number of halogens is 1. The van der Waals surface area contributed by atoms with Gasteiger partial charge in [-0.25, -0.2) is 9.18 Å². The van der Waals surface area contributed by atoms with E-state index in [1.807, 2.05) is 0 Å². The number of nitrogens with zero attached hydrogens (tertiary/aromatic N) is 1. The van der Waals surface area contributed by atoms with Gasteiger partial charge in [0.15, 0.2) is 0 Å². The molecule has 0 saturated heterocycles. The summed E-state index contributed by atoms with van der Waals surface area (Å²) in [5, 5.41) is 13.6. The molecule has 1 aromatic carbocycles. The number of methoxy groups -OCH3 is 1. The lowest BCUT2D eigenvalue weighted by atomic mass is 10.0. The van der Waals surface area contributed by atoms with Crippen molar-refractivity contribution in [2.24, 2.45) is 0 Å². The molecule has 0 amide bonds. The van der Waals surface area contributed by atoms with E-state index in [9.17, 15) is 14.3 Å². The molecule has 0 radical (unpaired) electrons. The maximum atomic E-state index is 12.8. The number of carbonyl (C=O) groups is 1. The number of aliphatic hydroxyl groups is 1. The van der Waals surface area contributed by atoms with Crippen molar-refractivity contribution in [2.75, 3.05) is 7.11 Å². The molecule has 0 bridgehead atoms. The number of aliphatic hydroxyl groups excluding tert-OH is 1. The molecule has 0 fully saturated rings. The highest BCUT2D eigenvalue weighted by molar-refractivity contribution is 5.90. The Kier molecular flexibility index (Phi) is 3.38. The normalized spacial score (nSPS) is 12.2. The van der Waals surface area contributed by atoms with Crippen molar-refractivity contribution in [1.29, 1.82) is 0 Å². The van der Waals surface area contributed by atoms with Crippen LogP contribution in [-0.2, 0) is 4.74 Å². The first-order valence-corrected chi connectivity index (χ1v) is 5.09. The molecule has 1 heterocycles. The molecule has 0 aliphatic rings. The third kappa shape index (κ3) is 2.23. The van der Waals surface area contributed by atoms with Crippen LogP contribution < -0.4 is 0 Å². The zero-order valence-corrected chi connectivity index (χ0v) is 9.46. The van der Waals surface area contributed by atoms with Crippen LogP contribution in [0.15, 0.2) is 35.1 Å². The lowest BCUT2D eigenvalue weighted by Gasteiger charge is -2.08. The first-order valence-electron chi connectivity index (χ1n) is 5.09. The Hall–Kier alpha value is -2.21. The van der Waals surface area contributed by atoms with E-state index in [1.54, 1.807) is 0 Å². The topological polar surface area (TPSA) is 72.6 Å². The number of esters is 1. The summed E-state index contributed by atoms with van der Waals surface area (Å²) >= 11 is 0. The van der Waals surface area contributed by atoms with Gasteiger partial charge in [0.2, 0.25) is 0 Å². The Morgan fingerprint density at radius 1 is 1.44 bits per heavy atom. The maximum Gasteiger partial charge on any atom is 0.343 e. The van der Waals surface area contributed by atoms with E-state index in [2.05, 4.69) is 14.4 Å². The molecule has 6 heteroatoms. The molecule has 1 unspecified atom stereocenters. The predicted molar refractivity (Wildman–Crippen MR) is 58.3 cm³/mol. The van der Waals surface area contributed by atoms with E-state index in [-0.39, 0.29) is 11.3 Å². The zero-order valence-electron chi connectivity index (χ0n) is 9.46. The van der Waals surface area contributed by atoms with Gasteiger partial charge >= 0.3 is 5.97 Å². The number of benzene rings is 1. The van der Waals surface area contributed by atoms with Crippen molar-refractivity contribution in [3.8, 4) is 0 Å². The fourth-order valence-electron chi connectivity index (χ4n) is 1.51. The average molecular weight is 251 g/mol. The highest BCUT2D eigenvalue weighted by atomic mass is 19.1. The van der Waals surface area contributed by atoms with Crippen molar-refractivity contribution >= 4 is 5.97 Å². The van der Waals surface area contributed by atoms with Crippen LogP contribution in [0.5, 0.6) is 0 Å². The molecule has 2 aromatic rings. The Labute approximate surface area is 102 Å². The molecule has 1 N–H and O–H groups in total. The van der Waals surface area contributed by atoms with Crippen LogP contribution in [-0.4, -0.2) is 23.3 Å². The molecule has 5 nitrogen and oxygen atoms in total. The Morgan fingerprint density at radius 2 is 2.11 bits per heavy atom. The number of aromatic nitrogens is 1. The monoisotopic (exact) mass is 251 g/mol. The molecule has 0 saturated carbocycles. The predicted octanol–water partition coefficient (Wildman–Crippen LogP) is 1.68. The van der Waals surface area contributed by atoms with Gasteiger partial charge in [-0.05, 0) is 17.7 Å². The summed E-state index contributed by atoms with van der Waals surface area (Å²) in [5.41, 5.74) is 0.471. The summed E-state index contributed by atoms with van der Waals surface area (Å²) in [4.78, 5) is 11.4. The smallest absolute Gasteiger partial charge is 0.343 e. The first kappa shape index (κ1) is 12.3. The van der Waals surface area contributed by atoms with Crippen molar-refractivity contribution < 1.29 is 23.6 Å². The van der Waals surface area contributed by atoms with E-state index in [4.69, 9.17) is 0 Å². The third-order valence-electron chi connectivity index (χ3n) is 2.45. The van der Waals surface area contributed by atoms with Gasteiger partial charge in [0, 0.05) is 0 Å². The Balaban J connectivity index is 2.34. The molecule has 0 aliphatic heterocycles. The van der Waals surface area contributed by atoms with E-state index < -0.39 is 17.9 Å². The fourth-order valence-corrected chi connectivity index (χ4v) is 1.51. The minimum atomic E-state index is -1.18. The minimum Gasteiger partial charge on any atom is -0.465 e. The summed E-state index contributed by atoms with van der Waals surface area (Å²) < 4.78 is 21.9. The van der Waals surface area contributed by atoms with Gasteiger partial charge in [-0.15, -0.1) is 0 Å².